The number of aryl methyl sites for hydroxylation is 1. The standard InChI is InChI=1S/C30H36BrN3O5S/c1-5-19-32-30(36)23(4)33(20-24-13-15-25(31)16-14-24)29(35)21-34(27-9-7-8-10-28(27)39-6-2)40(37,38)26-17-11-22(3)12-18-26/h7-18,23H,5-6,19-21H2,1-4H3,(H,32,36). The molecule has 10 heteroatoms. The van der Waals surface area contributed by atoms with E-state index in [-0.39, 0.29) is 23.0 Å². The van der Waals surface area contributed by atoms with Crippen LogP contribution in [-0.4, -0.2) is 50.9 Å². The molecule has 0 radical (unpaired) electrons. The van der Waals surface area contributed by atoms with Crippen LogP contribution in [0.2, 0.25) is 0 Å². The highest BCUT2D eigenvalue weighted by molar-refractivity contribution is 9.10. The van der Waals surface area contributed by atoms with Crippen LogP contribution in [0, 0.1) is 6.92 Å². The van der Waals surface area contributed by atoms with E-state index in [1.54, 1.807) is 50.2 Å². The minimum absolute atomic E-state index is 0.0467. The Bertz CT molecular complexity index is 1400. The average Bonchev–Trinajstić information content (AvgIpc) is 2.94. The topological polar surface area (TPSA) is 96.0 Å². The summed E-state index contributed by atoms with van der Waals surface area (Å²) in [6.07, 6.45) is 0.746. The third kappa shape index (κ3) is 7.85. The maximum absolute atomic E-state index is 14.0. The molecule has 3 aromatic rings. The van der Waals surface area contributed by atoms with Crippen molar-refractivity contribution in [3.63, 3.8) is 0 Å². The van der Waals surface area contributed by atoms with E-state index in [4.69, 9.17) is 4.74 Å². The Morgan fingerprint density at radius 1 is 0.975 bits per heavy atom. The molecule has 3 aromatic carbocycles. The Labute approximate surface area is 245 Å². The van der Waals surface area contributed by atoms with Crippen LogP contribution in [0.4, 0.5) is 5.69 Å². The fraction of sp³-hybridized carbons (Fsp3) is 0.333. The number of nitrogens with one attached hydrogen (secondary N) is 1. The van der Waals surface area contributed by atoms with Crippen LogP contribution in [0.25, 0.3) is 0 Å². The number of amides is 2. The van der Waals surface area contributed by atoms with Crippen LogP contribution in [0.15, 0.2) is 82.2 Å². The smallest absolute Gasteiger partial charge is 0.264 e. The Kier molecular flexibility index (Phi) is 11.2. The van der Waals surface area contributed by atoms with Crippen molar-refractivity contribution in [2.75, 3.05) is 24.0 Å². The highest BCUT2D eigenvalue weighted by atomic mass is 79.9. The summed E-state index contributed by atoms with van der Waals surface area (Å²) in [5, 5.41) is 2.84. The normalized spacial score (nSPS) is 11.9. The van der Waals surface area contributed by atoms with Crippen molar-refractivity contribution in [2.24, 2.45) is 0 Å². The molecule has 8 nitrogen and oxygen atoms in total. The van der Waals surface area contributed by atoms with Crippen LogP contribution in [0.5, 0.6) is 5.75 Å². The van der Waals surface area contributed by atoms with Gasteiger partial charge in [0.2, 0.25) is 11.8 Å². The second kappa shape index (κ2) is 14.3. The van der Waals surface area contributed by atoms with Crippen molar-refractivity contribution in [3.8, 4) is 5.75 Å². The van der Waals surface area contributed by atoms with E-state index in [0.717, 1.165) is 26.3 Å². The zero-order chi connectivity index (χ0) is 29.3. The van der Waals surface area contributed by atoms with Gasteiger partial charge in [0.15, 0.2) is 0 Å². The molecular weight excluding hydrogens is 594 g/mol. The lowest BCUT2D eigenvalue weighted by Crippen LogP contribution is -2.51. The Morgan fingerprint density at radius 3 is 2.25 bits per heavy atom. The van der Waals surface area contributed by atoms with Gasteiger partial charge in [0.25, 0.3) is 10.0 Å². The van der Waals surface area contributed by atoms with Crippen molar-refractivity contribution in [1.29, 1.82) is 0 Å². The van der Waals surface area contributed by atoms with Crippen LogP contribution in [-0.2, 0) is 26.2 Å². The molecule has 2 amide bonds. The number of rotatable bonds is 13. The third-order valence-electron chi connectivity index (χ3n) is 6.30. The Hall–Kier alpha value is -3.37. The van der Waals surface area contributed by atoms with Gasteiger partial charge in [-0.15, -0.1) is 0 Å². The van der Waals surface area contributed by atoms with Crippen molar-refractivity contribution >= 4 is 43.5 Å². The van der Waals surface area contributed by atoms with E-state index in [2.05, 4.69) is 21.2 Å². The number of sulfonamides is 1. The molecule has 0 heterocycles. The number of ether oxygens (including phenoxy) is 1. The SMILES string of the molecule is CCCNC(=O)C(C)N(Cc1ccc(Br)cc1)C(=O)CN(c1ccccc1OCC)S(=O)(=O)c1ccc(C)cc1. The lowest BCUT2D eigenvalue weighted by molar-refractivity contribution is -0.139. The summed E-state index contributed by atoms with van der Waals surface area (Å²) in [6, 6.07) is 19.8. The van der Waals surface area contributed by atoms with Crippen LogP contribution in [0.3, 0.4) is 0 Å². The number of anilines is 1. The van der Waals surface area contributed by atoms with Gasteiger partial charge in [0, 0.05) is 17.6 Å². The van der Waals surface area contributed by atoms with E-state index in [1.807, 2.05) is 38.1 Å². The predicted octanol–water partition coefficient (Wildman–Crippen LogP) is 5.30. The van der Waals surface area contributed by atoms with Gasteiger partial charge >= 0.3 is 0 Å². The number of carbonyl (C=O) groups excluding carboxylic acids is 2. The van der Waals surface area contributed by atoms with E-state index in [0.29, 0.717) is 18.9 Å². The fourth-order valence-corrected chi connectivity index (χ4v) is 5.75. The van der Waals surface area contributed by atoms with Gasteiger partial charge < -0.3 is 15.0 Å². The molecule has 0 saturated heterocycles. The summed E-state index contributed by atoms with van der Waals surface area (Å²) >= 11 is 3.42. The highest BCUT2D eigenvalue weighted by Crippen LogP contribution is 2.33. The number of carbonyl (C=O) groups is 2. The summed E-state index contributed by atoms with van der Waals surface area (Å²) in [7, 11) is -4.18. The summed E-state index contributed by atoms with van der Waals surface area (Å²) in [5.74, 6) is -0.499. The average molecular weight is 631 g/mol. The number of halogens is 1. The predicted molar refractivity (Wildman–Crippen MR) is 161 cm³/mol. The first-order valence-electron chi connectivity index (χ1n) is 13.2. The first kappa shape index (κ1) is 31.2. The Morgan fingerprint density at radius 2 is 1.62 bits per heavy atom. The molecule has 0 aliphatic rings. The first-order chi connectivity index (χ1) is 19.1. The lowest BCUT2D eigenvalue weighted by Gasteiger charge is -2.32. The fourth-order valence-electron chi connectivity index (χ4n) is 4.06. The van der Waals surface area contributed by atoms with E-state index in [1.165, 1.54) is 17.0 Å². The molecule has 0 fully saturated rings. The van der Waals surface area contributed by atoms with Gasteiger partial charge in [-0.1, -0.05) is 64.8 Å². The van der Waals surface area contributed by atoms with Crippen LogP contribution >= 0.6 is 15.9 Å². The molecule has 3 rings (SSSR count). The summed E-state index contributed by atoms with van der Waals surface area (Å²) in [4.78, 5) is 28.4. The molecule has 1 N–H and O–H groups in total. The van der Waals surface area contributed by atoms with Crippen molar-refractivity contribution in [3.05, 3.63) is 88.4 Å². The molecule has 0 bridgehead atoms. The quantitative estimate of drug-likeness (QED) is 0.277. The largest absolute Gasteiger partial charge is 0.492 e. The third-order valence-corrected chi connectivity index (χ3v) is 8.61. The summed E-state index contributed by atoms with van der Waals surface area (Å²) < 4.78 is 35.7. The van der Waals surface area contributed by atoms with Crippen molar-refractivity contribution in [1.82, 2.24) is 10.2 Å². The molecule has 214 valence electrons. The maximum atomic E-state index is 14.0. The number of para-hydroxylation sites is 2. The minimum Gasteiger partial charge on any atom is -0.492 e. The van der Waals surface area contributed by atoms with E-state index in [9.17, 15) is 18.0 Å². The van der Waals surface area contributed by atoms with Gasteiger partial charge in [-0.2, -0.15) is 0 Å². The zero-order valence-electron chi connectivity index (χ0n) is 23.3. The molecular formula is C30H36BrN3O5S. The molecule has 0 spiro atoms. The molecule has 1 atom stereocenters. The number of hydrogen-bond acceptors (Lipinski definition) is 5. The van der Waals surface area contributed by atoms with Crippen LogP contribution in [0.1, 0.15) is 38.3 Å². The molecule has 0 saturated carbocycles. The second-order valence-corrected chi connectivity index (χ2v) is 12.1. The van der Waals surface area contributed by atoms with Gasteiger partial charge in [-0.3, -0.25) is 13.9 Å². The van der Waals surface area contributed by atoms with Gasteiger partial charge in [-0.25, -0.2) is 8.42 Å². The van der Waals surface area contributed by atoms with E-state index < -0.39 is 28.5 Å². The highest BCUT2D eigenvalue weighted by Gasteiger charge is 2.33. The molecule has 0 aliphatic heterocycles. The van der Waals surface area contributed by atoms with Gasteiger partial charge in [-0.05, 0) is 69.2 Å². The molecule has 40 heavy (non-hydrogen) atoms. The summed E-state index contributed by atoms with van der Waals surface area (Å²) in [6.45, 7) is 7.64. The van der Waals surface area contributed by atoms with E-state index >= 15 is 0 Å². The number of nitrogens with zero attached hydrogens (tertiary/aromatic N) is 2. The maximum Gasteiger partial charge on any atom is 0.264 e. The van der Waals surface area contributed by atoms with Crippen molar-refractivity contribution in [2.45, 2.75) is 51.6 Å². The monoisotopic (exact) mass is 629 g/mol. The second-order valence-electron chi connectivity index (χ2n) is 9.34. The zero-order valence-corrected chi connectivity index (χ0v) is 25.7. The lowest BCUT2D eigenvalue weighted by atomic mass is 10.1. The molecule has 0 aliphatic carbocycles. The summed E-state index contributed by atoms with van der Waals surface area (Å²) in [5.41, 5.74) is 1.95. The van der Waals surface area contributed by atoms with Crippen LogP contribution < -0.4 is 14.4 Å². The van der Waals surface area contributed by atoms with Gasteiger partial charge in [0.1, 0.15) is 18.3 Å². The molecule has 0 aromatic heterocycles. The minimum atomic E-state index is -4.18. The van der Waals surface area contributed by atoms with Crippen molar-refractivity contribution < 1.29 is 22.7 Å². The number of benzene rings is 3. The van der Waals surface area contributed by atoms with Gasteiger partial charge in [0.05, 0.1) is 17.2 Å². The number of hydrogen-bond donors (Lipinski definition) is 1. The first-order valence-corrected chi connectivity index (χ1v) is 15.4. The molecule has 1 unspecified atom stereocenters. The Balaban J connectivity index is 2.06.